The number of aryl methyl sites for hydroxylation is 2. The summed E-state index contributed by atoms with van der Waals surface area (Å²) in [6, 6.07) is 13.9. The molecule has 0 fully saturated rings. The second-order valence-corrected chi connectivity index (χ2v) is 6.43. The molecular weight excluding hydrogens is 284 g/mol. The molecule has 0 aliphatic heterocycles. The Morgan fingerprint density at radius 2 is 1.87 bits per heavy atom. The maximum Gasteiger partial charge on any atom is 0.260 e. The molecule has 0 aliphatic rings. The molecule has 1 aromatic carbocycles. The first-order chi connectivity index (χ1) is 11.1. The van der Waals surface area contributed by atoms with E-state index in [0.29, 0.717) is 12.5 Å². The Balaban J connectivity index is 2.26. The molecule has 23 heavy (non-hydrogen) atoms. The van der Waals surface area contributed by atoms with Gasteiger partial charge in [-0.3, -0.25) is 9.36 Å². The molecule has 3 heteroatoms. The van der Waals surface area contributed by atoms with E-state index in [-0.39, 0.29) is 5.56 Å². The lowest BCUT2D eigenvalue weighted by Crippen LogP contribution is -2.23. The van der Waals surface area contributed by atoms with Crippen molar-refractivity contribution >= 4 is 11.0 Å². The van der Waals surface area contributed by atoms with Crippen LogP contribution in [0.4, 0.5) is 0 Å². The third-order valence-electron chi connectivity index (χ3n) is 4.21. The SMILES string of the molecule is Cc1ccccc1-c1cc2cccnc2n(CCC(C)C)c1=O. The third kappa shape index (κ3) is 3.04. The molecule has 0 amide bonds. The molecule has 3 rings (SSSR count). The van der Waals surface area contributed by atoms with Gasteiger partial charge in [0.2, 0.25) is 0 Å². The molecule has 0 spiro atoms. The highest BCUT2D eigenvalue weighted by Crippen LogP contribution is 2.23. The number of hydrogen-bond acceptors (Lipinski definition) is 2. The van der Waals surface area contributed by atoms with Crippen LogP contribution in [-0.2, 0) is 6.54 Å². The van der Waals surface area contributed by atoms with E-state index in [2.05, 4.69) is 18.8 Å². The van der Waals surface area contributed by atoms with Gasteiger partial charge in [-0.25, -0.2) is 4.98 Å². The zero-order chi connectivity index (χ0) is 16.4. The number of aromatic nitrogens is 2. The van der Waals surface area contributed by atoms with Crippen molar-refractivity contribution in [2.45, 2.75) is 33.7 Å². The fourth-order valence-corrected chi connectivity index (χ4v) is 2.87. The van der Waals surface area contributed by atoms with Crippen molar-refractivity contribution in [2.75, 3.05) is 0 Å². The van der Waals surface area contributed by atoms with Gasteiger partial charge in [-0.15, -0.1) is 0 Å². The highest BCUT2D eigenvalue weighted by Gasteiger charge is 2.13. The van der Waals surface area contributed by atoms with E-state index in [1.54, 1.807) is 6.20 Å². The highest BCUT2D eigenvalue weighted by atomic mass is 16.1. The zero-order valence-corrected chi connectivity index (χ0v) is 13.9. The second kappa shape index (κ2) is 6.37. The fourth-order valence-electron chi connectivity index (χ4n) is 2.87. The second-order valence-electron chi connectivity index (χ2n) is 6.43. The minimum absolute atomic E-state index is 0.0474. The van der Waals surface area contributed by atoms with Gasteiger partial charge in [-0.2, -0.15) is 0 Å². The van der Waals surface area contributed by atoms with Crippen LogP contribution in [-0.4, -0.2) is 9.55 Å². The molecule has 0 unspecified atom stereocenters. The fraction of sp³-hybridized carbons (Fsp3) is 0.300. The third-order valence-corrected chi connectivity index (χ3v) is 4.21. The van der Waals surface area contributed by atoms with Gasteiger partial charge in [0, 0.05) is 23.7 Å². The number of pyridine rings is 2. The lowest BCUT2D eigenvalue weighted by Gasteiger charge is -2.14. The predicted molar refractivity (Wildman–Crippen MR) is 95.6 cm³/mol. The summed E-state index contributed by atoms with van der Waals surface area (Å²) in [6.07, 6.45) is 2.71. The van der Waals surface area contributed by atoms with Gasteiger partial charge in [0.05, 0.1) is 0 Å². The Morgan fingerprint density at radius 3 is 2.61 bits per heavy atom. The topological polar surface area (TPSA) is 34.9 Å². The smallest absolute Gasteiger partial charge is 0.260 e. The van der Waals surface area contributed by atoms with Gasteiger partial charge in [0.1, 0.15) is 5.65 Å². The maximum absolute atomic E-state index is 13.1. The minimum atomic E-state index is 0.0474. The van der Waals surface area contributed by atoms with E-state index in [1.807, 2.05) is 54.0 Å². The number of hydrogen-bond donors (Lipinski definition) is 0. The summed E-state index contributed by atoms with van der Waals surface area (Å²) in [5, 5.41) is 1.01. The van der Waals surface area contributed by atoms with Crippen LogP contribution in [0.1, 0.15) is 25.8 Å². The first kappa shape index (κ1) is 15.5. The molecule has 0 N–H and O–H groups in total. The average Bonchev–Trinajstić information content (AvgIpc) is 2.54. The molecule has 0 saturated carbocycles. The summed E-state index contributed by atoms with van der Waals surface area (Å²) in [7, 11) is 0. The monoisotopic (exact) mass is 306 g/mol. The van der Waals surface area contributed by atoms with Gasteiger partial charge >= 0.3 is 0 Å². The van der Waals surface area contributed by atoms with Crippen molar-refractivity contribution < 1.29 is 0 Å². The van der Waals surface area contributed by atoms with Gasteiger partial charge in [0.15, 0.2) is 0 Å². The normalized spacial score (nSPS) is 11.3. The summed E-state index contributed by atoms with van der Waals surface area (Å²) < 4.78 is 1.83. The maximum atomic E-state index is 13.1. The average molecular weight is 306 g/mol. The number of nitrogens with zero attached hydrogens (tertiary/aromatic N) is 2. The summed E-state index contributed by atoms with van der Waals surface area (Å²) in [6.45, 7) is 7.09. The number of rotatable bonds is 4. The molecule has 2 aromatic heterocycles. The standard InChI is InChI=1S/C20H22N2O/c1-14(2)10-12-22-19-16(8-6-11-21-19)13-18(20(22)23)17-9-5-4-7-15(17)3/h4-9,11,13-14H,10,12H2,1-3H3. The summed E-state index contributed by atoms with van der Waals surface area (Å²) in [4.78, 5) is 17.5. The molecule has 0 atom stereocenters. The van der Waals surface area contributed by atoms with Crippen molar-refractivity contribution in [3.05, 3.63) is 64.6 Å². The van der Waals surface area contributed by atoms with Crippen molar-refractivity contribution in [2.24, 2.45) is 5.92 Å². The summed E-state index contributed by atoms with van der Waals surface area (Å²) >= 11 is 0. The number of fused-ring (bicyclic) bond motifs is 1. The summed E-state index contributed by atoms with van der Waals surface area (Å²) in [5.74, 6) is 0.544. The van der Waals surface area contributed by atoms with Gasteiger partial charge in [0.25, 0.3) is 5.56 Å². The van der Waals surface area contributed by atoms with Crippen LogP contribution >= 0.6 is 0 Å². The Hall–Kier alpha value is -2.42. The Morgan fingerprint density at radius 1 is 1.09 bits per heavy atom. The van der Waals surface area contributed by atoms with Crippen LogP contribution in [0.3, 0.4) is 0 Å². The van der Waals surface area contributed by atoms with E-state index in [4.69, 9.17) is 0 Å². The van der Waals surface area contributed by atoms with E-state index < -0.39 is 0 Å². The van der Waals surface area contributed by atoms with E-state index in [9.17, 15) is 4.79 Å². The van der Waals surface area contributed by atoms with E-state index >= 15 is 0 Å². The molecule has 3 aromatic rings. The first-order valence-corrected chi connectivity index (χ1v) is 8.12. The predicted octanol–water partition coefficient (Wildman–Crippen LogP) is 4.42. The highest BCUT2D eigenvalue weighted by molar-refractivity contribution is 5.82. The van der Waals surface area contributed by atoms with Crippen LogP contribution in [0.5, 0.6) is 0 Å². The Kier molecular flexibility index (Phi) is 4.28. The molecule has 0 aliphatic carbocycles. The molecule has 3 nitrogen and oxygen atoms in total. The molecule has 2 heterocycles. The summed E-state index contributed by atoms with van der Waals surface area (Å²) in [5.41, 5.74) is 3.69. The first-order valence-electron chi connectivity index (χ1n) is 8.12. The lowest BCUT2D eigenvalue weighted by atomic mass is 10.0. The van der Waals surface area contributed by atoms with Crippen molar-refractivity contribution in [1.29, 1.82) is 0 Å². The van der Waals surface area contributed by atoms with Crippen LogP contribution in [0, 0.1) is 12.8 Å². The van der Waals surface area contributed by atoms with E-state index in [0.717, 1.165) is 34.1 Å². The zero-order valence-electron chi connectivity index (χ0n) is 13.9. The van der Waals surface area contributed by atoms with Crippen LogP contribution in [0.25, 0.3) is 22.2 Å². The van der Waals surface area contributed by atoms with Crippen LogP contribution in [0.2, 0.25) is 0 Å². The van der Waals surface area contributed by atoms with Crippen molar-refractivity contribution in [3.63, 3.8) is 0 Å². The molecule has 0 bridgehead atoms. The van der Waals surface area contributed by atoms with Crippen molar-refractivity contribution in [1.82, 2.24) is 9.55 Å². The molecule has 118 valence electrons. The van der Waals surface area contributed by atoms with Gasteiger partial charge < -0.3 is 0 Å². The molecular formula is C20H22N2O. The van der Waals surface area contributed by atoms with Crippen LogP contribution in [0.15, 0.2) is 53.5 Å². The number of benzene rings is 1. The lowest BCUT2D eigenvalue weighted by molar-refractivity contribution is 0.515. The van der Waals surface area contributed by atoms with Gasteiger partial charge in [-0.1, -0.05) is 38.1 Å². The Labute approximate surface area is 136 Å². The van der Waals surface area contributed by atoms with Crippen LogP contribution < -0.4 is 5.56 Å². The van der Waals surface area contributed by atoms with Gasteiger partial charge in [-0.05, 0) is 48.6 Å². The molecule has 0 radical (unpaired) electrons. The van der Waals surface area contributed by atoms with E-state index in [1.165, 1.54) is 0 Å². The Bertz CT molecular complexity index is 894. The minimum Gasteiger partial charge on any atom is -0.292 e. The van der Waals surface area contributed by atoms with Crippen molar-refractivity contribution in [3.8, 4) is 11.1 Å². The molecule has 0 saturated heterocycles. The quantitative estimate of drug-likeness (QED) is 0.715. The largest absolute Gasteiger partial charge is 0.292 e.